The van der Waals surface area contributed by atoms with Crippen LogP contribution in [0, 0.1) is 0 Å². The molecule has 0 saturated heterocycles. The predicted octanol–water partition coefficient (Wildman–Crippen LogP) is 2.78. The number of esters is 1. The summed E-state index contributed by atoms with van der Waals surface area (Å²) in [4.78, 5) is 28.0. The highest BCUT2D eigenvalue weighted by Crippen LogP contribution is 2.20. The zero-order valence-corrected chi connectivity index (χ0v) is 15.8. The minimum Gasteiger partial charge on any atom is -0.464 e. The standard InChI is InChI=1S/C21H19N5O3/c1-29-21(28)19-20(26(25-24-19)13-14-7-3-2-4-8-14)23-18(27)11-15-12-22-17-10-6-5-9-16(15)17/h2-10,12,22H,11,13H2,1H3,(H,23,27). The molecule has 2 aromatic heterocycles. The van der Waals surface area contributed by atoms with Crippen molar-refractivity contribution in [1.82, 2.24) is 20.0 Å². The van der Waals surface area contributed by atoms with Gasteiger partial charge in [-0.05, 0) is 17.2 Å². The van der Waals surface area contributed by atoms with Gasteiger partial charge in [0.15, 0.2) is 5.82 Å². The Balaban J connectivity index is 1.59. The van der Waals surface area contributed by atoms with Crippen LogP contribution in [0.5, 0.6) is 0 Å². The topological polar surface area (TPSA) is 102 Å². The van der Waals surface area contributed by atoms with Crippen LogP contribution in [0.1, 0.15) is 21.6 Å². The summed E-state index contributed by atoms with van der Waals surface area (Å²) in [5.74, 6) is -0.728. The Kier molecular flexibility index (Phi) is 5.07. The minimum absolute atomic E-state index is 0.0318. The fourth-order valence-corrected chi connectivity index (χ4v) is 3.17. The third-order valence-electron chi connectivity index (χ3n) is 4.57. The van der Waals surface area contributed by atoms with Crippen LogP contribution in [0.4, 0.5) is 5.82 Å². The third-order valence-corrected chi connectivity index (χ3v) is 4.57. The molecule has 0 spiro atoms. The van der Waals surface area contributed by atoms with Crippen molar-refractivity contribution < 1.29 is 14.3 Å². The van der Waals surface area contributed by atoms with Gasteiger partial charge >= 0.3 is 5.97 Å². The van der Waals surface area contributed by atoms with E-state index < -0.39 is 5.97 Å². The zero-order chi connectivity index (χ0) is 20.2. The number of methoxy groups -OCH3 is 1. The number of fused-ring (bicyclic) bond motifs is 1. The van der Waals surface area contributed by atoms with Crippen LogP contribution in [-0.2, 0) is 22.5 Å². The number of carbonyl (C=O) groups excluding carboxylic acids is 2. The highest BCUT2D eigenvalue weighted by Gasteiger charge is 2.23. The van der Waals surface area contributed by atoms with E-state index in [1.54, 1.807) is 0 Å². The molecule has 146 valence electrons. The molecule has 2 N–H and O–H groups in total. The molecule has 8 heteroatoms. The maximum Gasteiger partial charge on any atom is 0.362 e. The van der Waals surface area contributed by atoms with E-state index in [4.69, 9.17) is 4.74 Å². The first-order chi connectivity index (χ1) is 14.2. The van der Waals surface area contributed by atoms with Crippen LogP contribution >= 0.6 is 0 Å². The van der Waals surface area contributed by atoms with Crippen molar-refractivity contribution >= 4 is 28.6 Å². The van der Waals surface area contributed by atoms with E-state index in [1.807, 2.05) is 60.8 Å². The second-order valence-corrected chi connectivity index (χ2v) is 6.51. The van der Waals surface area contributed by atoms with E-state index in [0.29, 0.717) is 6.54 Å². The summed E-state index contributed by atoms with van der Waals surface area (Å²) >= 11 is 0. The number of carbonyl (C=O) groups is 2. The van der Waals surface area contributed by atoms with Crippen molar-refractivity contribution in [2.24, 2.45) is 0 Å². The summed E-state index contributed by atoms with van der Waals surface area (Å²) in [6.45, 7) is 0.355. The number of H-pyrrole nitrogens is 1. The Labute approximate surface area is 166 Å². The molecule has 0 bridgehead atoms. The Hall–Kier alpha value is -3.94. The van der Waals surface area contributed by atoms with Crippen LogP contribution in [0.25, 0.3) is 10.9 Å². The number of nitrogens with zero attached hydrogens (tertiary/aromatic N) is 3. The summed E-state index contributed by atoms with van der Waals surface area (Å²) in [6, 6.07) is 17.3. The quantitative estimate of drug-likeness (QED) is 0.494. The molecule has 0 aliphatic carbocycles. The number of amides is 1. The second-order valence-electron chi connectivity index (χ2n) is 6.51. The smallest absolute Gasteiger partial charge is 0.362 e. The number of aromatic nitrogens is 4. The van der Waals surface area contributed by atoms with Gasteiger partial charge in [0.05, 0.1) is 20.1 Å². The normalized spacial score (nSPS) is 10.8. The van der Waals surface area contributed by atoms with Gasteiger partial charge < -0.3 is 15.0 Å². The molecule has 1 amide bonds. The van der Waals surface area contributed by atoms with Crippen molar-refractivity contribution in [2.75, 3.05) is 12.4 Å². The van der Waals surface area contributed by atoms with Crippen LogP contribution < -0.4 is 5.32 Å². The van der Waals surface area contributed by atoms with Crippen LogP contribution in [0.15, 0.2) is 60.8 Å². The number of para-hydroxylation sites is 1. The van der Waals surface area contributed by atoms with E-state index >= 15 is 0 Å². The summed E-state index contributed by atoms with van der Waals surface area (Å²) in [6.07, 6.45) is 1.95. The molecule has 0 radical (unpaired) electrons. The molecule has 4 rings (SSSR count). The molecule has 0 unspecified atom stereocenters. The van der Waals surface area contributed by atoms with Gasteiger partial charge in [0.25, 0.3) is 0 Å². The number of benzene rings is 2. The lowest BCUT2D eigenvalue weighted by Gasteiger charge is -2.09. The Morgan fingerprint density at radius 2 is 1.86 bits per heavy atom. The van der Waals surface area contributed by atoms with Gasteiger partial charge in [-0.3, -0.25) is 4.79 Å². The highest BCUT2D eigenvalue weighted by molar-refractivity contribution is 6.00. The number of rotatable bonds is 6. The monoisotopic (exact) mass is 389 g/mol. The van der Waals surface area contributed by atoms with Crippen LogP contribution in [-0.4, -0.2) is 39.0 Å². The maximum absolute atomic E-state index is 12.7. The predicted molar refractivity (Wildman–Crippen MR) is 108 cm³/mol. The third kappa shape index (κ3) is 3.86. The van der Waals surface area contributed by atoms with Crippen LogP contribution in [0.2, 0.25) is 0 Å². The molecule has 4 aromatic rings. The number of hydrogen-bond acceptors (Lipinski definition) is 5. The molecule has 0 aliphatic heterocycles. The van der Waals surface area contributed by atoms with Gasteiger partial charge in [0, 0.05) is 17.1 Å². The molecule has 0 atom stereocenters. The lowest BCUT2D eigenvalue weighted by molar-refractivity contribution is -0.115. The van der Waals surface area contributed by atoms with E-state index in [-0.39, 0.29) is 23.8 Å². The molecule has 2 aromatic carbocycles. The number of anilines is 1. The lowest BCUT2D eigenvalue weighted by Crippen LogP contribution is -2.20. The molecule has 0 aliphatic rings. The van der Waals surface area contributed by atoms with Gasteiger partial charge in [-0.1, -0.05) is 53.7 Å². The van der Waals surface area contributed by atoms with Gasteiger partial charge in [0.2, 0.25) is 11.6 Å². The first kappa shape index (κ1) is 18.4. The summed E-state index contributed by atoms with van der Waals surface area (Å²) in [7, 11) is 1.26. The molecule has 8 nitrogen and oxygen atoms in total. The van der Waals surface area contributed by atoms with Crippen molar-refractivity contribution in [3.8, 4) is 0 Å². The average molecular weight is 389 g/mol. The van der Waals surface area contributed by atoms with Gasteiger partial charge in [-0.2, -0.15) is 0 Å². The van der Waals surface area contributed by atoms with Crippen molar-refractivity contribution in [1.29, 1.82) is 0 Å². The van der Waals surface area contributed by atoms with Gasteiger partial charge in [-0.25, -0.2) is 9.48 Å². The number of nitrogens with one attached hydrogen (secondary N) is 2. The number of ether oxygens (including phenoxy) is 1. The molecule has 0 fully saturated rings. The second kappa shape index (κ2) is 7.97. The first-order valence-electron chi connectivity index (χ1n) is 9.06. The maximum atomic E-state index is 12.7. The summed E-state index contributed by atoms with van der Waals surface area (Å²) in [5.41, 5.74) is 2.75. The molecule has 29 heavy (non-hydrogen) atoms. The fraction of sp³-hybridized carbons (Fsp3) is 0.143. The SMILES string of the molecule is COC(=O)c1nnn(Cc2ccccc2)c1NC(=O)Cc1c[nH]c2ccccc12. The van der Waals surface area contributed by atoms with E-state index in [2.05, 4.69) is 20.6 Å². The molecular weight excluding hydrogens is 370 g/mol. The molecular formula is C21H19N5O3. The summed E-state index contributed by atoms with van der Waals surface area (Å²) < 4.78 is 6.26. The minimum atomic E-state index is -0.660. The van der Waals surface area contributed by atoms with Crippen molar-refractivity contribution in [2.45, 2.75) is 13.0 Å². The van der Waals surface area contributed by atoms with Crippen molar-refractivity contribution in [3.63, 3.8) is 0 Å². The number of aromatic amines is 1. The van der Waals surface area contributed by atoms with E-state index in [1.165, 1.54) is 11.8 Å². The highest BCUT2D eigenvalue weighted by atomic mass is 16.5. The molecule has 0 saturated carbocycles. The van der Waals surface area contributed by atoms with Gasteiger partial charge in [0.1, 0.15) is 0 Å². The molecule has 2 heterocycles. The van der Waals surface area contributed by atoms with E-state index in [9.17, 15) is 9.59 Å². The largest absolute Gasteiger partial charge is 0.464 e. The average Bonchev–Trinajstić information content (AvgIpc) is 3.33. The first-order valence-corrected chi connectivity index (χ1v) is 9.06. The number of hydrogen-bond donors (Lipinski definition) is 2. The summed E-state index contributed by atoms with van der Waals surface area (Å²) in [5, 5.41) is 11.7. The fourth-order valence-electron chi connectivity index (χ4n) is 3.17. The van der Waals surface area contributed by atoms with Gasteiger partial charge in [-0.15, -0.1) is 5.10 Å². The Morgan fingerprint density at radius 1 is 1.10 bits per heavy atom. The zero-order valence-electron chi connectivity index (χ0n) is 15.8. The Bertz CT molecular complexity index is 1160. The van der Waals surface area contributed by atoms with Crippen LogP contribution in [0.3, 0.4) is 0 Å². The van der Waals surface area contributed by atoms with Crippen molar-refractivity contribution in [3.05, 3.63) is 77.6 Å². The Morgan fingerprint density at radius 3 is 2.66 bits per heavy atom. The van der Waals surface area contributed by atoms with E-state index in [0.717, 1.165) is 22.0 Å². The lowest BCUT2D eigenvalue weighted by atomic mass is 10.1.